The van der Waals surface area contributed by atoms with Gasteiger partial charge in [0, 0.05) is 12.5 Å². The molecule has 2 aliphatic rings. The fourth-order valence-electron chi connectivity index (χ4n) is 5.41. The number of hydrogen-bond donors (Lipinski definition) is 2. The number of benzene rings is 3. The zero-order valence-electron chi connectivity index (χ0n) is 23.6. The van der Waals surface area contributed by atoms with E-state index in [1.165, 1.54) is 17.5 Å². The number of aromatic amines is 1. The highest BCUT2D eigenvalue weighted by atomic mass is 16.7. The predicted molar refractivity (Wildman–Crippen MR) is 159 cm³/mol. The van der Waals surface area contributed by atoms with Gasteiger partial charge in [-0.15, -0.1) is 0 Å². The van der Waals surface area contributed by atoms with Gasteiger partial charge in [-0.1, -0.05) is 60.7 Å². The SMILES string of the molecule is CC1(C)OB(C(=Cc2ccc3nc[nH]c(=O)c3c2)CNC(=O)OCC2c3ccccc3-c3ccccc32)OC1(C)C. The second-order valence-corrected chi connectivity index (χ2v) is 11.5. The van der Waals surface area contributed by atoms with Crippen LogP contribution in [0.15, 0.2) is 83.3 Å². The molecule has 1 amide bonds. The molecule has 0 bridgehead atoms. The Morgan fingerprint density at radius 2 is 1.63 bits per heavy atom. The average Bonchev–Trinajstić information content (AvgIpc) is 3.39. The average molecular weight is 549 g/mol. The Morgan fingerprint density at radius 1 is 1.00 bits per heavy atom. The van der Waals surface area contributed by atoms with E-state index < -0.39 is 24.4 Å². The molecule has 1 aliphatic carbocycles. The Morgan fingerprint density at radius 3 is 2.29 bits per heavy atom. The number of amides is 1. The topological polar surface area (TPSA) is 103 Å². The number of hydrogen-bond acceptors (Lipinski definition) is 6. The van der Waals surface area contributed by atoms with E-state index in [0.29, 0.717) is 16.4 Å². The van der Waals surface area contributed by atoms with E-state index in [2.05, 4.69) is 39.6 Å². The van der Waals surface area contributed by atoms with Crippen LogP contribution in [0.3, 0.4) is 0 Å². The minimum Gasteiger partial charge on any atom is -0.449 e. The van der Waals surface area contributed by atoms with Gasteiger partial charge in [0.1, 0.15) is 6.61 Å². The third-order valence-corrected chi connectivity index (χ3v) is 8.35. The van der Waals surface area contributed by atoms with Gasteiger partial charge in [0.2, 0.25) is 0 Å². The number of H-pyrrole nitrogens is 1. The number of fused-ring (bicyclic) bond motifs is 4. The molecule has 1 aromatic heterocycles. The molecule has 9 heteroatoms. The molecule has 0 spiro atoms. The van der Waals surface area contributed by atoms with E-state index in [1.807, 2.05) is 64.1 Å². The predicted octanol–water partition coefficient (Wildman–Crippen LogP) is 5.48. The molecule has 208 valence electrons. The number of ether oxygens (including phenoxy) is 1. The lowest BCUT2D eigenvalue weighted by molar-refractivity contribution is 0.00578. The summed E-state index contributed by atoms with van der Waals surface area (Å²) in [5, 5.41) is 3.36. The van der Waals surface area contributed by atoms with Gasteiger partial charge in [-0.05, 0) is 73.1 Å². The van der Waals surface area contributed by atoms with Gasteiger partial charge in [-0.3, -0.25) is 4.79 Å². The number of carbonyl (C=O) groups excluding carboxylic acids is 1. The summed E-state index contributed by atoms with van der Waals surface area (Å²) < 4.78 is 18.3. The van der Waals surface area contributed by atoms with E-state index in [0.717, 1.165) is 16.7 Å². The zero-order chi connectivity index (χ0) is 28.8. The highest BCUT2D eigenvalue weighted by molar-refractivity contribution is 6.56. The van der Waals surface area contributed by atoms with Crippen molar-refractivity contribution in [2.45, 2.75) is 44.8 Å². The van der Waals surface area contributed by atoms with Crippen molar-refractivity contribution >= 4 is 30.2 Å². The molecule has 0 saturated carbocycles. The highest BCUT2D eigenvalue weighted by Crippen LogP contribution is 2.44. The van der Waals surface area contributed by atoms with Crippen molar-refractivity contribution in [3.63, 3.8) is 0 Å². The molecule has 4 aromatic rings. The Labute approximate surface area is 238 Å². The third kappa shape index (κ3) is 5.07. The van der Waals surface area contributed by atoms with Crippen LogP contribution in [0.25, 0.3) is 28.1 Å². The first-order valence-corrected chi connectivity index (χ1v) is 13.8. The van der Waals surface area contributed by atoms with E-state index in [4.69, 9.17) is 14.0 Å². The summed E-state index contributed by atoms with van der Waals surface area (Å²) >= 11 is 0. The van der Waals surface area contributed by atoms with Crippen molar-refractivity contribution in [2.24, 2.45) is 0 Å². The van der Waals surface area contributed by atoms with Gasteiger partial charge in [0.05, 0.1) is 28.4 Å². The standard InChI is InChI=1S/C32H32BN3O5/c1-31(2)32(3,4)41-33(40-31)21(15-20-13-14-28-26(16-20)29(37)36-19-35-28)17-34-30(38)39-18-27-24-11-7-5-9-22(24)23-10-6-8-12-25(23)27/h5-16,19,27H,17-18H2,1-4H3,(H,34,38)(H,35,36,37). The molecular formula is C32H32BN3O5. The zero-order valence-corrected chi connectivity index (χ0v) is 23.6. The lowest BCUT2D eigenvalue weighted by Crippen LogP contribution is -2.41. The molecule has 2 N–H and O–H groups in total. The Bertz CT molecular complexity index is 1670. The molecule has 1 fully saturated rings. The summed E-state index contributed by atoms with van der Waals surface area (Å²) in [6, 6.07) is 21.9. The van der Waals surface area contributed by atoms with Gasteiger partial charge in [0.15, 0.2) is 0 Å². The molecule has 3 aromatic carbocycles. The minimum absolute atomic E-state index is 0.0319. The second kappa shape index (κ2) is 10.3. The van der Waals surface area contributed by atoms with Gasteiger partial charge >= 0.3 is 13.2 Å². The van der Waals surface area contributed by atoms with Gasteiger partial charge in [0.25, 0.3) is 5.56 Å². The van der Waals surface area contributed by atoms with Crippen molar-refractivity contribution in [1.29, 1.82) is 0 Å². The van der Waals surface area contributed by atoms with Crippen LogP contribution in [0.2, 0.25) is 0 Å². The van der Waals surface area contributed by atoms with Crippen molar-refractivity contribution < 1.29 is 18.8 Å². The minimum atomic E-state index is -0.697. The van der Waals surface area contributed by atoms with E-state index in [9.17, 15) is 9.59 Å². The molecule has 1 aliphatic heterocycles. The summed E-state index contributed by atoms with van der Waals surface area (Å²) in [6.07, 6.45) is 2.72. The summed E-state index contributed by atoms with van der Waals surface area (Å²) in [5.41, 5.74) is 5.35. The quantitative estimate of drug-likeness (QED) is 0.309. The molecule has 1 saturated heterocycles. The fraction of sp³-hybridized carbons (Fsp3) is 0.281. The number of carbonyl (C=O) groups is 1. The normalized spacial score (nSPS) is 17.4. The number of aromatic nitrogens is 2. The largest absolute Gasteiger partial charge is 0.492 e. The van der Waals surface area contributed by atoms with Crippen LogP contribution in [-0.2, 0) is 14.0 Å². The highest BCUT2D eigenvalue weighted by Gasteiger charge is 2.52. The summed E-state index contributed by atoms with van der Waals surface area (Å²) in [5.74, 6) is -0.0319. The number of nitrogens with one attached hydrogen (secondary N) is 2. The number of rotatable bonds is 6. The second-order valence-electron chi connectivity index (χ2n) is 11.5. The first-order valence-electron chi connectivity index (χ1n) is 13.8. The first-order chi connectivity index (χ1) is 19.6. The van der Waals surface area contributed by atoms with Gasteiger partial charge in [-0.2, -0.15) is 0 Å². The van der Waals surface area contributed by atoms with Crippen LogP contribution in [0.1, 0.15) is 50.3 Å². The van der Waals surface area contributed by atoms with E-state index in [-0.39, 0.29) is 24.6 Å². The van der Waals surface area contributed by atoms with Crippen LogP contribution in [0.5, 0.6) is 0 Å². The van der Waals surface area contributed by atoms with Crippen LogP contribution >= 0.6 is 0 Å². The smallest absolute Gasteiger partial charge is 0.449 e. The summed E-state index contributed by atoms with van der Waals surface area (Å²) in [4.78, 5) is 32.2. The van der Waals surface area contributed by atoms with Crippen LogP contribution < -0.4 is 10.9 Å². The van der Waals surface area contributed by atoms with Crippen molar-refractivity contribution in [2.75, 3.05) is 13.2 Å². The van der Waals surface area contributed by atoms with Crippen LogP contribution in [0, 0.1) is 0 Å². The lowest BCUT2D eigenvalue weighted by Gasteiger charge is -2.32. The molecular weight excluding hydrogens is 517 g/mol. The molecule has 41 heavy (non-hydrogen) atoms. The number of nitrogens with zero attached hydrogens (tertiary/aromatic N) is 1. The van der Waals surface area contributed by atoms with Crippen molar-refractivity contribution in [3.8, 4) is 11.1 Å². The Hall–Kier alpha value is -4.21. The number of alkyl carbamates (subject to hydrolysis) is 1. The Kier molecular flexibility index (Phi) is 6.79. The summed E-state index contributed by atoms with van der Waals surface area (Å²) in [7, 11) is -0.697. The Balaban J connectivity index is 1.21. The molecule has 8 nitrogen and oxygen atoms in total. The summed E-state index contributed by atoms with van der Waals surface area (Å²) in [6.45, 7) is 8.26. The molecule has 0 unspecified atom stereocenters. The maximum absolute atomic E-state index is 13.0. The molecule has 6 rings (SSSR count). The maximum atomic E-state index is 13.0. The third-order valence-electron chi connectivity index (χ3n) is 8.35. The van der Waals surface area contributed by atoms with Gasteiger partial charge < -0.3 is 24.3 Å². The lowest BCUT2D eigenvalue weighted by atomic mass is 9.77. The van der Waals surface area contributed by atoms with Gasteiger partial charge in [-0.25, -0.2) is 9.78 Å². The first kappa shape index (κ1) is 27.0. The maximum Gasteiger partial charge on any atom is 0.492 e. The van der Waals surface area contributed by atoms with Crippen molar-refractivity contribution in [1.82, 2.24) is 15.3 Å². The van der Waals surface area contributed by atoms with E-state index >= 15 is 0 Å². The monoisotopic (exact) mass is 549 g/mol. The van der Waals surface area contributed by atoms with Crippen LogP contribution in [0.4, 0.5) is 4.79 Å². The fourth-order valence-corrected chi connectivity index (χ4v) is 5.41. The molecule has 2 heterocycles. The molecule has 0 radical (unpaired) electrons. The van der Waals surface area contributed by atoms with Crippen molar-refractivity contribution in [3.05, 3.63) is 106 Å². The van der Waals surface area contributed by atoms with E-state index in [1.54, 1.807) is 12.1 Å². The molecule has 0 atom stereocenters. The van der Waals surface area contributed by atoms with Crippen LogP contribution in [-0.4, -0.2) is 47.5 Å².